The summed E-state index contributed by atoms with van der Waals surface area (Å²) in [5.41, 5.74) is 1.65. The summed E-state index contributed by atoms with van der Waals surface area (Å²) in [7, 11) is 0. The van der Waals surface area contributed by atoms with Crippen molar-refractivity contribution in [3.8, 4) is 0 Å². The molecule has 1 aliphatic heterocycles. The maximum Gasteiger partial charge on any atom is 0.250 e. The normalized spacial score (nSPS) is 17.1. The molecule has 0 saturated carbocycles. The number of hydrogen-bond acceptors (Lipinski definition) is 3. The molecule has 1 aromatic carbocycles. The van der Waals surface area contributed by atoms with Crippen molar-refractivity contribution in [3.63, 3.8) is 0 Å². The molecule has 1 aliphatic rings. The summed E-state index contributed by atoms with van der Waals surface area (Å²) in [5.74, 6) is -0.122. The number of fused-ring (bicyclic) bond motifs is 1. The van der Waals surface area contributed by atoms with Gasteiger partial charge in [-0.2, -0.15) is 0 Å². The molecule has 19 heavy (non-hydrogen) atoms. The zero-order valence-electron chi connectivity index (χ0n) is 10.8. The fourth-order valence-corrected chi connectivity index (χ4v) is 2.15. The summed E-state index contributed by atoms with van der Waals surface area (Å²) in [6.45, 7) is 3.69. The van der Waals surface area contributed by atoms with Crippen LogP contribution in [0.1, 0.15) is 6.92 Å². The van der Waals surface area contributed by atoms with Crippen molar-refractivity contribution < 1.29 is 9.53 Å². The standard InChI is InChI=1S/C14H17N3O2/c1-14(8-15-9-14)19-7-13(18)17-11-2-3-12-10(6-11)4-5-16-12/h2-6,15-16H,7-9H2,1H3,(H,17,18). The summed E-state index contributed by atoms with van der Waals surface area (Å²) in [4.78, 5) is 14.9. The Bertz CT molecular complexity index is 602. The van der Waals surface area contributed by atoms with E-state index in [1.54, 1.807) is 0 Å². The average Bonchev–Trinajstić information content (AvgIpc) is 2.81. The first-order valence-electron chi connectivity index (χ1n) is 6.36. The molecule has 100 valence electrons. The summed E-state index contributed by atoms with van der Waals surface area (Å²) >= 11 is 0. The lowest BCUT2D eigenvalue weighted by atomic mass is 10.0. The lowest BCUT2D eigenvalue weighted by molar-refractivity contribution is -0.130. The molecule has 0 aliphatic carbocycles. The first kappa shape index (κ1) is 12.2. The van der Waals surface area contributed by atoms with Crippen LogP contribution in [0.2, 0.25) is 0 Å². The van der Waals surface area contributed by atoms with Gasteiger partial charge in [0.25, 0.3) is 0 Å². The van der Waals surface area contributed by atoms with Gasteiger partial charge in [-0.3, -0.25) is 4.79 Å². The predicted octanol–water partition coefficient (Wildman–Crippen LogP) is 1.48. The molecule has 3 rings (SSSR count). The highest BCUT2D eigenvalue weighted by atomic mass is 16.5. The minimum Gasteiger partial charge on any atom is -0.363 e. The van der Waals surface area contributed by atoms with E-state index in [4.69, 9.17) is 4.74 Å². The molecule has 1 saturated heterocycles. The molecule has 5 heteroatoms. The third-order valence-corrected chi connectivity index (χ3v) is 3.39. The highest BCUT2D eigenvalue weighted by Crippen LogP contribution is 2.18. The number of carbonyl (C=O) groups excluding carboxylic acids is 1. The molecular weight excluding hydrogens is 242 g/mol. The third kappa shape index (κ3) is 2.62. The lowest BCUT2D eigenvalue weighted by Gasteiger charge is -2.38. The van der Waals surface area contributed by atoms with Gasteiger partial charge in [0.2, 0.25) is 5.91 Å². The minimum atomic E-state index is -0.193. The van der Waals surface area contributed by atoms with Gasteiger partial charge in [0.05, 0.1) is 5.60 Å². The Kier molecular flexibility index (Phi) is 3.00. The van der Waals surface area contributed by atoms with E-state index in [0.29, 0.717) is 0 Å². The molecule has 0 radical (unpaired) electrons. The topological polar surface area (TPSA) is 66.1 Å². The van der Waals surface area contributed by atoms with E-state index in [1.807, 2.05) is 37.4 Å². The van der Waals surface area contributed by atoms with Gasteiger partial charge in [0, 0.05) is 35.9 Å². The van der Waals surface area contributed by atoms with Crippen molar-refractivity contribution in [1.29, 1.82) is 0 Å². The largest absolute Gasteiger partial charge is 0.363 e. The molecule has 1 fully saturated rings. The van der Waals surface area contributed by atoms with Crippen LogP contribution < -0.4 is 10.6 Å². The van der Waals surface area contributed by atoms with Gasteiger partial charge in [-0.25, -0.2) is 0 Å². The molecule has 0 unspecified atom stereocenters. The Balaban J connectivity index is 1.59. The van der Waals surface area contributed by atoms with Gasteiger partial charge in [-0.1, -0.05) is 0 Å². The second-order valence-corrected chi connectivity index (χ2v) is 5.17. The van der Waals surface area contributed by atoms with Crippen molar-refractivity contribution >= 4 is 22.5 Å². The van der Waals surface area contributed by atoms with Crippen LogP contribution in [0, 0.1) is 0 Å². The summed E-state index contributed by atoms with van der Waals surface area (Å²) in [6, 6.07) is 7.74. The van der Waals surface area contributed by atoms with Crippen LogP contribution in [0.25, 0.3) is 10.9 Å². The Morgan fingerprint density at radius 1 is 1.42 bits per heavy atom. The number of H-pyrrole nitrogens is 1. The zero-order valence-corrected chi connectivity index (χ0v) is 10.8. The van der Waals surface area contributed by atoms with Crippen LogP contribution in [0.15, 0.2) is 30.5 Å². The summed E-state index contributed by atoms with van der Waals surface area (Å²) in [5, 5.41) is 7.06. The molecular formula is C14H17N3O2. The highest BCUT2D eigenvalue weighted by molar-refractivity contribution is 5.94. The fourth-order valence-electron chi connectivity index (χ4n) is 2.15. The average molecular weight is 259 g/mol. The van der Waals surface area contributed by atoms with Crippen LogP contribution in [-0.4, -0.2) is 36.2 Å². The Morgan fingerprint density at radius 2 is 2.26 bits per heavy atom. The van der Waals surface area contributed by atoms with E-state index in [-0.39, 0.29) is 18.1 Å². The van der Waals surface area contributed by atoms with Gasteiger partial charge in [-0.05, 0) is 31.2 Å². The van der Waals surface area contributed by atoms with Crippen LogP contribution in [-0.2, 0) is 9.53 Å². The minimum absolute atomic E-state index is 0.0867. The number of rotatable bonds is 4. The molecule has 3 N–H and O–H groups in total. The number of aromatic nitrogens is 1. The number of aromatic amines is 1. The van der Waals surface area contributed by atoms with Gasteiger partial charge in [0.1, 0.15) is 6.61 Å². The Labute approximate surface area is 111 Å². The Hall–Kier alpha value is -1.85. The lowest BCUT2D eigenvalue weighted by Crippen LogP contribution is -2.59. The molecule has 1 amide bonds. The molecule has 1 aromatic heterocycles. The Morgan fingerprint density at radius 3 is 3.00 bits per heavy atom. The van der Waals surface area contributed by atoms with Gasteiger partial charge in [-0.15, -0.1) is 0 Å². The number of benzene rings is 1. The SMILES string of the molecule is CC1(OCC(=O)Nc2ccc3[nH]ccc3c2)CNC1. The van der Waals surface area contributed by atoms with Crippen LogP contribution in [0.5, 0.6) is 0 Å². The maximum atomic E-state index is 11.8. The molecule has 0 atom stereocenters. The van der Waals surface area contributed by atoms with E-state index in [0.717, 1.165) is 29.7 Å². The van der Waals surface area contributed by atoms with Gasteiger partial charge in [0.15, 0.2) is 0 Å². The highest BCUT2D eigenvalue weighted by Gasteiger charge is 2.32. The van der Waals surface area contributed by atoms with Gasteiger partial charge < -0.3 is 20.4 Å². The number of ether oxygens (including phenoxy) is 1. The van der Waals surface area contributed by atoms with E-state index >= 15 is 0 Å². The molecule has 5 nitrogen and oxygen atoms in total. The zero-order chi connectivity index (χ0) is 13.3. The maximum absolute atomic E-state index is 11.8. The molecule has 2 heterocycles. The summed E-state index contributed by atoms with van der Waals surface area (Å²) in [6.07, 6.45) is 1.88. The van der Waals surface area contributed by atoms with Crippen molar-refractivity contribution in [2.75, 3.05) is 25.0 Å². The van der Waals surface area contributed by atoms with E-state index < -0.39 is 0 Å². The third-order valence-electron chi connectivity index (χ3n) is 3.39. The number of carbonyl (C=O) groups is 1. The smallest absolute Gasteiger partial charge is 0.250 e. The molecule has 0 spiro atoms. The van der Waals surface area contributed by atoms with Crippen molar-refractivity contribution in [2.45, 2.75) is 12.5 Å². The van der Waals surface area contributed by atoms with Crippen LogP contribution >= 0.6 is 0 Å². The van der Waals surface area contributed by atoms with Gasteiger partial charge >= 0.3 is 0 Å². The second-order valence-electron chi connectivity index (χ2n) is 5.17. The van der Waals surface area contributed by atoms with E-state index in [2.05, 4.69) is 15.6 Å². The number of hydrogen-bond donors (Lipinski definition) is 3. The van der Waals surface area contributed by atoms with Crippen molar-refractivity contribution in [3.05, 3.63) is 30.5 Å². The van der Waals surface area contributed by atoms with Crippen LogP contribution in [0.3, 0.4) is 0 Å². The fraction of sp³-hybridized carbons (Fsp3) is 0.357. The predicted molar refractivity (Wildman–Crippen MR) is 74.2 cm³/mol. The number of nitrogens with one attached hydrogen (secondary N) is 3. The molecule has 0 bridgehead atoms. The van der Waals surface area contributed by atoms with Crippen LogP contribution in [0.4, 0.5) is 5.69 Å². The number of anilines is 1. The number of amides is 1. The van der Waals surface area contributed by atoms with E-state index in [9.17, 15) is 4.79 Å². The first-order valence-corrected chi connectivity index (χ1v) is 6.36. The van der Waals surface area contributed by atoms with Crippen molar-refractivity contribution in [1.82, 2.24) is 10.3 Å². The quantitative estimate of drug-likeness (QED) is 0.779. The monoisotopic (exact) mass is 259 g/mol. The van der Waals surface area contributed by atoms with Crippen molar-refractivity contribution in [2.24, 2.45) is 0 Å². The van der Waals surface area contributed by atoms with E-state index in [1.165, 1.54) is 0 Å². The second kappa shape index (κ2) is 4.68. The molecule has 2 aromatic rings. The summed E-state index contributed by atoms with van der Waals surface area (Å²) < 4.78 is 5.59. The first-order chi connectivity index (χ1) is 9.15.